The normalized spacial score (nSPS) is 12.1. The lowest BCUT2D eigenvalue weighted by molar-refractivity contribution is 0.724. The van der Waals surface area contributed by atoms with E-state index in [1.165, 1.54) is 0 Å². The number of benzene rings is 1. The Morgan fingerprint density at radius 3 is 2.80 bits per heavy atom. The Labute approximate surface area is 104 Å². The van der Waals surface area contributed by atoms with Gasteiger partial charge in [0.1, 0.15) is 0 Å². The van der Waals surface area contributed by atoms with Gasteiger partial charge in [-0.15, -0.1) is 11.8 Å². The van der Waals surface area contributed by atoms with Gasteiger partial charge in [0.2, 0.25) is 0 Å². The Kier molecular flexibility index (Phi) is 5.31. The Hall–Kier alpha value is -0.360. The summed E-state index contributed by atoms with van der Waals surface area (Å²) in [5.41, 5.74) is 0. The minimum absolute atomic E-state index is 0.0741. The second kappa shape index (κ2) is 6.27. The molecule has 0 aliphatic carbocycles. The minimum Gasteiger partial charge on any atom is -0.198 e. The number of hydrogen-bond donors (Lipinski definition) is 0. The molecule has 1 rings (SSSR count). The van der Waals surface area contributed by atoms with Gasteiger partial charge in [0.15, 0.2) is 0 Å². The Morgan fingerprint density at radius 1 is 1.47 bits per heavy atom. The van der Waals surface area contributed by atoms with E-state index in [1.807, 2.05) is 19.1 Å². The highest BCUT2D eigenvalue weighted by atomic mass is 35.5. The predicted molar refractivity (Wildman–Crippen MR) is 66.6 cm³/mol. The van der Waals surface area contributed by atoms with E-state index in [-0.39, 0.29) is 5.92 Å². The molecule has 1 aromatic rings. The Bertz CT molecular complexity index is 373. The molecule has 0 aliphatic rings. The molecule has 1 aromatic carbocycles. The summed E-state index contributed by atoms with van der Waals surface area (Å²) in [6.07, 6.45) is 0.863. The third kappa shape index (κ3) is 3.61. The Morgan fingerprint density at radius 2 is 2.20 bits per heavy atom. The first kappa shape index (κ1) is 12.7. The molecule has 0 heterocycles. The topological polar surface area (TPSA) is 23.8 Å². The van der Waals surface area contributed by atoms with Crippen LogP contribution in [-0.4, -0.2) is 5.75 Å². The van der Waals surface area contributed by atoms with Gasteiger partial charge in [-0.05, 0) is 18.6 Å². The molecule has 0 radical (unpaired) electrons. The summed E-state index contributed by atoms with van der Waals surface area (Å²) < 4.78 is 0. The molecular formula is C11H11Cl2NS. The van der Waals surface area contributed by atoms with Crippen LogP contribution in [0.4, 0.5) is 0 Å². The highest BCUT2D eigenvalue weighted by Gasteiger charge is 2.08. The van der Waals surface area contributed by atoms with Crippen LogP contribution >= 0.6 is 35.0 Å². The van der Waals surface area contributed by atoms with Crippen molar-refractivity contribution < 1.29 is 0 Å². The number of nitrogens with zero attached hydrogens (tertiary/aromatic N) is 1. The summed E-state index contributed by atoms with van der Waals surface area (Å²) in [7, 11) is 0. The molecule has 1 unspecified atom stereocenters. The van der Waals surface area contributed by atoms with Crippen molar-refractivity contribution >= 4 is 35.0 Å². The summed E-state index contributed by atoms with van der Waals surface area (Å²) in [5, 5.41) is 9.95. The smallest absolute Gasteiger partial charge is 0.0728 e. The second-order valence-corrected chi connectivity index (χ2v) is 4.94. The molecule has 1 atom stereocenters. The van der Waals surface area contributed by atoms with Crippen molar-refractivity contribution in [1.29, 1.82) is 5.26 Å². The third-order valence-corrected chi connectivity index (χ3v) is 4.18. The zero-order valence-corrected chi connectivity index (χ0v) is 10.7. The fourth-order valence-corrected chi connectivity index (χ4v) is 2.65. The SMILES string of the molecule is CCC(C#N)CSc1cccc(Cl)c1Cl. The minimum atomic E-state index is 0.0741. The first-order valence-electron chi connectivity index (χ1n) is 4.65. The van der Waals surface area contributed by atoms with E-state index in [1.54, 1.807) is 17.8 Å². The van der Waals surface area contributed by atoms with Crippen molar-refractivity contribution in [3.8, 4) is 6.07 Å². The maximum Gasteiger partial charge on any atom is 0.0728 e. The molecule has 0 fully saturated rings. The van der Waals surface area contributed by atoms with Gasteiger partial charge in [0.25, 0.3) is 0 Å². The lowest BCUT2D eigenvalue weighted by Crippen LogP contribution is -1.97. The van der Waals surface area contributed by atoms with E-state index in [9.17, 15) is 0 Å². The highest BCUT2D eigenvalue weighted by Crippen LogP contribution is 2.33. The maximum absolute atomic E-state index is 8.81. The van der Waals surface area contributed by atoms with Crippen molar-refractivity contribution in [3.63, 3.8) is 0 Å². The summed E-state index contributed by atoms with van der Waals surface area (Å²) in [6, 6.07) is 7.80. The monoisotopic (exact) mass is 259 g/mol. The summed E-state index contributed by atoms with van der Waals surface area (Å²) in [5.74, 6) is 0.831. The molecule has 0 N–H and O–H groups in total. The number of nitriles is 1. The van der Waals surface area contributed by atoms with Crippen LogP contribution in [0.5, 0.6) is 0 Å². The van der Waals surface area contributed by atoms with Gasteiger partial charge < -0.3 is 0 Å². The number of thioether (sulfide) groups is 1. The number of rotatable bonds is 4. The highest BCUT2D eigenvalue weighted by molar-refractivity contribution is 7.99. The summed E-state index contributed by atoms with van der Waals surface area (Å²) in [4.78, 5) is 0.942. The molecule has 15 heavy (non-hydrogen) atoms. The summed E-state index contributed by atoms with van der Waals surface area (Å²) in [6.45, 7) is 2.01. The largest absolute Gasteiger partial charge is 0.198 e. The summed E-state index contributed by atoms with van der Waals surface area (Å²) >= 11 is 13.5. The quantitative estimate of drug-likeness (QED) is 0.736. The fourth-order valence-electron chi connectivity index (χ4n) is 1.03. The van der Waals surface area contributed by atoms with Gasteiger partial charge in [0.05, 0.1) is 22.0 Å². The van der Waals surface area contributed by atoms with E-state index in [0.29, 0.717) is 10.0 Å². The van der Waals surface area contributed by atoms with Crippen LogP contribution in [0.25, 0.3) is 0 Å². The molecular weight excluding hydrogens is 249 g/mol. The van der Waals surface area contributed by atoms with Crippen LogP contribution in [0.1, 0.15) is 13.3 Å². The maximum atomic E-state index is 8.81. The van der Waals surface area contributed by atoms with Crippen molar-refractivity contribution in [1.82, 2.24) is 0 Å². The zero-order valence-electron chi connectivity index (χ0n) is 8.34. The van der Waals surface area contributed by atoms with Crippen molar-refractivity contribution in [3.05, 3.63) is 28.2 Å². The molecule has 0 saturated heterocycles. The van der Waals surface area contributed by atoms with Crippen LogP contribution in [-0.2, 0) is 0 Å². The van der Waals surface area contributed by atoms with E-state index < -0.39 is 0 Å². The van der Waals surface area contributed by atoms with E-state index in [4.69, 9.17) is 28.5 Å². The van der Waals surface area contributed by atoms with E-state index >= 15 is 0 Å². The first-order valence-corrected chi connectivity index (χ1v) is 6.39. The van der Waals surface area contributed by atoms with Crippen LogP contribution in [0.15, 0.2) is 23.1 Å². The Balaban J connectivity index is 2.66. The van der Waals surface area contributed by atoms with Gasteiger partial charge in [0, 0.05) is 10.6 Å². The molecule has 0 saturated carbocycles. The third-order valence-electron chi connectivity index (χ3n) is 2.03. The standard InChI is InChI=1S/C11H11Cl2NS/c1-2-8(6-14)7-15-10-5-3-4-9(12)11(10)13/h3-5,8H,2,7H2,1H3. The number of hydrogen-bond acceptors (Lipinski definition) is 2. The van der Waals surface area contributed by atoms with Crippen LogP contribution in [0.2, 0.25) is 10.0 Å². The molecule has 0 aliphatic heterocycles. The molecule has 0 spiro atoms. The van der Waals surface area contributed by atoms with Gasteiger partial charge >= 0.3 is 0 Å². The van der Waals surface area contributed by atoms with E-state index in [0.717, 1.165) is 17.1 Å². The molecule has 4 heteroatoms. The van der Waals surface area contributed by atoms with Crippen LogP contribution in [0, 0.1) is 17.2 Å². The van der Waals surface area contributed by atoms with Gasteiger partial charge in [-0.1, -0.05) is 36.2 Å². The van der Waals surface area contributed by atoms with Crippen molar-refractivity contribution in [2.24, 2.45) is 5.92 Å². The molecule has 0 aromatic heterocycles. The average molecular weight is 260 g/mol. The molecule has 0 bridgehead atoms. The molecule has 80 valence electrons. The van der Waals surface area contributed by atoms with Crippen LogP contribution in [0.3, 0.4) is 0 Å². The fraction of sp³-hybridized carbons (Fsp3) is 0.364. The van der Waals surface area contributed by atoms with E-state index in [2.05, 4.69) is 6.07 Å². The lowest BCUT2D eigenvalue weighted by Gasteiger charge is -2.07. The van der Waals surface area contributed by atoms with Gasteiger partial charge in [-0.25, -0.2) is 0 Å². The predicted octanol–water partition coefficient (Wildman–Crippen LogP) is 4.64. The average Bonchev–Trinajstić information content (AvgIpc) is 2.25. The second-order valence-electron chi connectivity index (χ2n) is 3.10. The first-order chi connectivity index (χ1) is 7.19. The lowest BCUT2D eigenvalue weighted by atomic mass is 10.1. The zero-order chi connectivity index (χ0) is 11.3. The van der Waals surface area contributed by atoms with Gasteiger partial charge in [-0.2, -0.15) is 5.26 Å². The van der Waals surface area contributed by atoms with Crippen LogP contribution < -0.4 is 0 Å². The molecule has 1 nitrogen and oxygen atoms in total. The van der Waals surface area contributed by atoms with Gasteiger partial charge in [-0.3, -0.25) is 0 Å². The van der Waals surface area contributed by atoms with Crippen molar-refractivity contribution in [2.45, 2.75) is 18.2 Å². The number of halogens is 2. The molecule has 0 amide bonds. The van der Waals surface area contributed by atoms with Crippen molar-refractivity contribution in [2.75, 3.05) is 5.75 Å².